The van der Waals surface area contributed by atoms with Crippen molar-refractivity contribution < 1.29 is 4.39 Å². The molecular formula is C13H20FN. The second-order valence-electron chi connectivity index (χ2n) is 3.90. The molecule has 1 aromatic carbocycles. The Morgan fingerprint density at radius 2 is 2.00 bits per heavy atom. The van der Waals surface area contributed by atoms with Gasteiger partial charge in [-0.1, -0.05) is 31.5 Å². The van der Waals surface area contributed by atoms with Gasteiger partial charge in [-0.05, 0) is 37.9 Å². The molecule has 0 aromatic heterocycles. The lowest BCUT2D eigenvalue weighted by molar-refractivity contribution is 0.478. The van der Waals surface area contributed by atoms with Gasteiger partial charge in [-0.2, -0.15) is 0 Å². The number of aryl methyl sites for hydroxylation is 1. The topological polar surface area (TPSA) is 12.0 Å². The molecule has 0 aliphatic rings. The molecule has 0 bridgehead atoms. The van der Waals surface area contributed by atoms with Crippen LogP contribution in [0.15, 0.2) is 24.3 Å². The summed E-state index contributed by atoms with van der Waals surface area (Å²) in [5.41, 5.74) is 0.828. The summed E-state index contributed by atoms with van der Waals surface area (Å²) in [6.07, 6.45) is 4.15. The van der Waals surface area contributed by atoms with Gasteiger partial charge in [0.15, 0.2) is 0 Å². The van der Waals surface area contributed by atoms with Crippen molar-refractivity contribution in [2.24, 2.45) is 0 Å². The lowest BCUT2D eigenvalue weighted by Crippen LogP contribution is -2.25. The zero-order valence-electron chi connectivity index (χ0n) is 9.59. The Labute approximate surface area is 91.7 Å². The quantitative estimate of drug-likeness (QED) is 0.759. The molecule has 0 aliphatic heterocycles. The molecule has 1 rings (SSSR count). The van der Waals surface area contributed by atoms with Gasteiger partial charge in [0.25, 0.3) is 0 Å². The highest BCUT2D eigenvalue weighted by Gasteiger charge is 2.06. The highest BCUT2D eigenvalue weighted by molar-refractivity contribution is 5.17. The van der Waals surface area contributed by atoms with Crippen LogP contribution in [0.1, 0.15) is 31.7 Å². The first-order chi connectivity index (χ1) is 7.27. The number of nitrogens with one attached hydrogen (secondary N) is 1. The monoisotopic (exact) mass is 209 g/mol. The Hall–Kier alpha value is -0.890. The molecule has 0 saturated heterocycles. The maximum atomic E-state index is 13.3. The predicted octanol–water partition coefficient (Wildman–Crippen LogP) is 3.15. The number of hydrogen-bond acceptors (Lipinski definition) is 1. The van der Waals surface area contributed by atoms with Crippen molar-refractivity contribution in [1.82, 2.24) is 5.32 Å². The van der Waals surface area contributed by atoms with E-state index < -0.39 is 0 Å². The highest BCUT2D eigenvalue weighted by atomic mass is 19.1. The second-order valence-corrected chi connectivity index (χ2v) is 3.90. The summed E-state index contributed by atoms with van der Waals surface area (Å²) in [5, 5.41) is 3.27. The van der Waals surface area contributed by atoms with Gasteiger partial charge in [0, 0.05) is 6.04 Å². The number of benzene rings is 1. The van der Waals surface area contributed by atoms with Crippen LogP contribution in [0.5, 0.6) is 0 Å². The van der Waals surface area contributed by atoms with E-state index in [4.69, 9.17) is 0 Å². The van der Waals surface area contributed by atoms with E-state index in [0.29, 0.717) is 6.04 Å². The summed E-state index contributed by atoms with van der Waals surface area (Å²) in [7, 11) is 1.97. The summed E-state index contributed by atoms with van der Waals surface area (Å²) in [6, 6.07) is 7.54. The number of rotatable bonds is 6. The van der Waals surface area contributed by atoms with Crippen molar-refractivity contribution in [2.45, 2.75) is 38.6 Å². The molecule has 2 heteroatoms. The molecule has 0 aliphatic carbocycles. The van der Waals surface area contributed by atoms with E-state index in [1.54, 1.807) is 6.07 Å². The van der Waals surface area contributed by atoms with E-state index in [1.165, 1.54) is 12.5 Å². The van der Waals surface area contributed by atoms with Gasteiger partial charge < -0.3 is 5.32 Å². The highest BCUT2D eigenvalue weighted by Crippen LogP contribution is 2.11. The van der Waals surface area contributed by atoms with Gasteiger partial charge >= 0.3 is 0 Å². The molecule has 0 heterocycles. The van der Waals surface area contributed by atoms with E-state index in [2.05, 4.69) is 12.2 Å². The minimum absolute atomic E-state index is 0.0798. The molecule has 0 saturated carbocycles. The Kier molecular flexibility index (Phi) is 5.33. The number of hydrogen-bond donors (Lipinski definition) is 1. The van der Waals surface area contributed by atoms with Crippen molar-refractivity contribution in [3.05, 3.63) is 35.6 Å². The van der Waals surface area contributed by atoms with Crippen molar-refractivity contribution in [1.29, 1.82) is 0 Å². The maximum Gasteiger partial charge on any atom is 0.126 e. The third kappa shape index (κ3) is 4.00. The minimum Gasteiger partial charge on any atom is -0.317 e. The van der Waals surface area contributed by atoms with E-state index in [0.717, 1.165) is 24.8 Å². The average molecular weight is 209 g/mol. The van der Waals surface area contributed by atoms with Crippen LogP contribution in [-0.2, 0) is 6.42 Å². The molecule has 0 spiro atoms. The largest absolute Gasteiger partial charge is 0.317 e. The van der Waals surface area contributed by atoms with Gasteiger partial charge in [0.05, 0.1) is 0 Å². The Bertz CT molecular complexity index is 286. The van der Waals surface area contributed by atoms with Crippen molar-refractivity contribution in [3.63, 3.8) is 0 Å². The molecular weight excluding hydrogens is 189 g/mol. The smallest absolute Gasteiger partial charge is 0.126 e. The number of halogens is 1. The van der Waals surface area contributed by atoms with Gasteiger partial charge in [-0.25, -0.2) is 4.39 Å². The van der Waals surface area contributed by atoms with Gasteiger partial charge in [-0.15, -0.1) is 0 Å². The molecule has 0 radical (unpaired) electrons. The second kappa shape index (κ2) is 6.57. The van der Waals surface area contributed by atoms with Crippen LogP contribution in [-0.4, -0.2) is 13.1 Å². The minimum atomic E-state index is -0.0798. The molecule has 1 nitrogen and oxygen atoms in total. The van der Waals surface area contributed by atoms with Crippen LogP contribution in [0.2, 0.25) is 0 Å². The molecule has 0 amide bonds. The lowest BCUT2D eigenvalue weighted by atomic mass is 10.0. The molecule has 0 fully saturated rings. The predicted molar refractivity (Wildman–Crippen MR) is 62.5 cm³/mol. The first-order valence-corrected chi connectivity index (χ1v) is 5.68. The standard InChI is InChI=1S/C13H20FN/c1-3-6-12(15-2)10-9-11-7-4-5-8-13(11)14/h4-5,7-8,12,15H,3,6,9-10H2,1-2H3. The van der Waals surface area contributed by atoms with E-state index >= 15 is 0 Å². The molecule has 1 aromatic rings. The lowest BCUT2D eigenvalue weighted by Gasteiger charge is -2.14. The first kappa shape index (κ1) is 12.2. The van der Waals surface area contributed by atoms with Gasteiger partial charge in [0.1, 0.15) is 5.82 Å². The summed E-state index contributed by atoms with van der Waals surface area (Å²) in [5.74, 6) is -0.0798. The zero-order chi connectivity index (χ0) is 11.1. The first-order valence-electron chi connectivity index (χ1n) is 5.68. The van der Waals surface area contributed by atoms with Crippen LogP contribution in [0.25, 0.3) is 0 Å². The fourth-order valence-corrected chi connectivity index (χ4v) is 1.81. The summed E-state index contributed by atoms with van der Waals surface area (Å²) < 4.78 is 13.3. The third-order valence-electron chi connectivity index (χ3n) is 2.77. The van der Waals surface area contributed by atoms with Crippen LogP contribution in [0.3, 0.4) is 0 Å². The average Bonchev–Trinajstić information content (AvgIpc) is 2.26. The normalized spacial score (nSPS) is 12.7. The maximum absolute atomic E-state index is 13.3. The van der Waals surface area contributed by atoms with E-state index in [-0.39, 0.29) is 5.82 Å². The van der Waals surface area contributed by atoms with Gasteiger partial charge in [-0.3, -0.25) is 0 Å². The van der Waals surface area contributed by atoms with Crippen molar-refractivity contribution >= 4 is 0 Å². The third-order valence-corrected chi connectivity index (χ3v) is 2.77. The Morgan fingerprint density at radius 1 is 1.27 bits per heavy atom. The molecule has 15 heavy (non-hydrogen) atoms. The van der Waals surface area contributed by atoms with Crippen LogP contribution < -0.4 is 5.32 Å². The van der Waals surface area contributed by atoms with Crippen LogP contribution >= 0.6 is 0 Å². The SMILES string of the molecule is CCCC(CCc1ccccc1F)NC. The van der Waals surface area contributed by atoms with Crippen LogP contribution in [0, 0.1) is 5.82 Å². The van der Waals surface area contributed by atoms with Crippen LogP contribution in [0.4, 0.5) is 4.39 Å². The fourth-order valence-electron chi connectivity index (χ4n) is 1.81. The Balaban J connectivity index is 2.45. The van der Waals surface area contributed by atoms with E-state index in [1.807, 2.05) is 19.2 Å². The van der Waals surface area contributed by atoms with Gasteiger partial charge in [0.2, 0.25) is 0 Å². The summed E-state index contributed by atoms with van der Waals surface area (Å²) in [6.45, 7) is 2.17. The fraction of sp³-hybridized carbons (Fsp3) is 0.538. The molecule has 1 unspecified atom stereocenters. The summed E-state index contributed by atoms with van der Waals surface area (Å²) in [4.78, 5) is 0. The zero-order valence-corrected chi connectivity index (χ0v) is 9.59. The molecule has 84 valence electrons. The molecule has 1 atom stereocenters. The van der Waals surface area contributed by atoms with Crippen molar-refractivity contribution in [2.75, 3.05) is 7.05 Å². The van der Waals surface area contributed by atoms with E-state index in [9.17, 15) is 4.39 Å². The van der Waals surface area contributed by atoms with Crippen molar-refractivity contribution in [3.8, 4) is 0 Å². The Morgan fingerprint density at radius 3 is 2.60 bits per heavy atom. The summed E-state index contributed by atoms with van der Waals surface area (Å²) >= 11 is 0. The molecule has 1 N–H and O–H groups in total.